The van der Waals surface area contributed by atoms with Crippen molar-refractivity contribution in [3.8, 4) is 0 Å². The van der Waals surface area contributed by atoms with Crippen molar-refractivity contribution in [1.29, 1.82) is 0 Å². The number of rotatable bonds is 3. The van der Waals surface area contributed by atoms with Gasteiger partial charge in [-0.1, -0.05) is 0 Å². The second-order valence-corrected chi connectivity index (χ2v) is 3.70. The zero-order valence-corrected chi connectivity index (χ0v) is 8.29. The second kappa shape index (κ2) is 5.34. The highest BCUT2D eigenvalue weighted by Gasteiger charge is 2.47. The fourth-order valence-electron chi connectivity index (χ4n) is 1.50. The minimum atomic E-state index is -1.79. The first-order valence-electron chi connectivity index (χ1n) is 4.75. The molecule has 8 heteroatoms. The Morgan fingerprint density at radius 2 is 1.50 bits per heavy atom. The molecule has 8 nitrogen and oxygen atoms in total. The molecule has 1 aliphatic rings. The SMILES string of the molecule is OC[C@@H](O)[C@@H](O)[C@H]1OC(O)[C@H](O)[C@@H](O)[C@H]1O. The van der Waals surface area contributed by atoms with Gasteiger partial charge in [-0.25, -0.2) is 0 Å². The molecule has 0 bridgehead atoms. The molecule has 0 radical (unpaired) electrons. The van der Waals surface area contributed by atoms with E-state index in [-0.39, 0.29) is 0 Å². The molecule has 1 fully saturated rings. The van der Waals surface area contributed by atoms with E-state index < -0.39 is 49.5 Å². The minimum absolute atomic E-state index is 0.775. The normalized spacial score (nSPS) is 44.1. The van der Waals surface area contributed by atoms with Crippen LogP contribution in [0.4, 0.5) is 0 Å². The Labute approximate surface area is 91.0 Å². The van der Waals surface area contributed by atoms with Crippen LogP contribution < -0.4 is 0 Å². The van der Waals surface area contributed by atoms with Crippen LogP contribution in [0.2, 0.25) is 0 Å². The summed E-state index contributed by atoms with van der Waals surface area (Å²) in [7, 11) is 0. The number of hydrogen-bond donors (Lipinski definition) is 7. The van der Waals surface area contributed by atoms with Gasteiger partial charge in [0.1, 0.15) is 36.6 Å². The molecule has 0 aliphatic carbocycles. The van der Waals surface area contributed by atoms with Crippen LogP contribution in [-0.2, 0) is 4.74 Å². The lowest BCUT2D eigenvalue weighted by molar-refractivity contribution is -0.303. The summed E-state index contributed by atoms with van der Waals surface area (Å²) in [4.78, 5) is 0. The summed E-state index contributed by atoms with van der Waals surface area (Å²) in [5, 5.41) is 64.1. The van der Waals surface area contributed by atoms with E-state index in [2.05, 4.69) is 4.74 Å². The average Bonchev–Trinajstić information content (AvgIpc) is 2.29. The third kappa shape index (κ3) is 2.50. The Balaban J connectivity index is 2.73. The van der Waals surface area contributed by atoms with Crippen molar-refractivity contribution in [2.75, 3.05) is 6.61 Å². The van der Waals surface area contributed by atoms with Crippen LogP contribution in [0.15, 0.2) is 0 Å². The molecule has 0 amide bonds. The highest BCUT2D eigenvalue weighted by molar-refractivity contribution is 4.93. The van der Waals surface area contributed by atoms with Gasteiger partial charge < -0.3 is 40.5 Å². The summed E-state index contributed by atoms with van der Waals surface area (Å²) < 4.78 is 4.64. The fourth-order valence-corrected chi connectivity index (χ4v) is 1.50. The van der Waals surface area contributed by atoms with Crippen molar-refractivity contribution in [1.82, 2.24) is 0 Å². The van der Waals surface area contributed by atoms with E-state index in [1.807, 2.05) is 0 Å². The fraction of sp³-hybridized carbons (Fsp3) is 1.00. The minimum Gasteiger partial charge on any atom is -0.394 e. The maximum atomic E-state index is 9.44. The molecule has 1 saturated heterocycles. The second-order valence-electron chi connectivity index (χ2n) is 3.70. The van der Waals surface area contributed by atoms with Crippen LogP contribution >= 0.6 is 0 Å². The monoisotopic (exact) mass is 240 g/mol. The first-order valence-corrected chi connectivity index (χ1v) is 4.75. The summed E-state index contributed by atoms with van der Waals surface area (Å²) in [5.74, 6) is 0. The van der Waals surface area contributed by atoms with Gasteiger partial charge in [0.25, 0.3) is 0 Å². The van der Waals surface area contributed by atoms with E-state index in [4.69, 9.17) is 20.4 Å². The maximum absolute atomic E-state index is 9.44. The van der Waals surface area contributed by atoms with Crippen LogP contribution in [0.1, 0.15) is 0 Å². The summed E-state index contributed by atoms with van der Waals surface area (Å²) in [6.07, 6.45) is -11.7. The molecule has 7 N–H and O–H groups in total. The van der Waals surface area contributed by atoms with Gasteiger partial charge in [0.2, 0.25) is 0 Å². The Morgan fingerprint density at radius 1 is 0.938 bits per heavy atom. The van der Waals surface area contributed by atoms with Gasteiger partial charge in [-0.05, 0) is 0 Å². The Bertz CT molecular complexity index is 220. The molecule has 0 saturated carbocycles. The van der Waals surface area contributed by atoms with E-state index >= 15 is 0 Å². The number of aliphatic hydroxyl groups is 7. The van der Waals surface area contributed by atoms with Gasteiger partial charge in [-0.15, -0.1) is 0 Å². The molecule has 0 aromatic carbocycles. The van der Waals surface area contributed by atoms with Crippen molar-refractivity contribution in [2.24, 2.45) is 0 Å². The predicted octanol–water partition coefficient (Wildman–Crippen LogP) is -4.50. The number of ether oxygens (including phenoxy) is 1. The van der Waals surface area contributed by atoms with Gasteiger partial charge in [0.05, 0.1) is 6.61 Å². The summed E-state index contributed by atoms with van der Waals surface area (Å²) >= 11 is 0. The summed E-state index contributed by atoms with van der Waals surface area (Å²) in [6.45, 7) is -0.775. The van der Waals surface area contributed by atoms with Gasteiger partial charge in [0.15, 0.2) is 6.29 Å². The smallest absolute Gasteiger partial charge is 0.184 e. The predicted molar refractivity (Wildman–Crippen MR) is 48.0 cm³/mol. The lowest BCUT2D eigenvalue weighted by Crippen LogP contribution is -2.62. The third-order valence-corrected chi connectivity index (χ3v) is 2.54. The quantitative estimate of drug-likeness (QED) is 0.261. The molecule has 1 unspecified atom stereocenters. The van der Waals surface area contributed by atoms with Gasteiger partial charge in [0, 0.05) is 0 Å². The first kappa shape index (κ1) is 13.7. The third-order valence-electron chi connectivity index (χ3n) is 2.54. The highest BCUT2D eigenvalue weighted by Crippen LogP contribution is 2.23. The molecular weight excluding hydrogens is 224 g/mol. The van der Waals surface area contributed by atoms with E-state index in [0.717, 1.165) is 0 Å². The molecule has 1 aliphatic heterocycles. The van der Waals surface area contributed by atoms with Crippen molar-refractivity contribution >= 4 is 0 Å². The molecule has 1 heterocycles. The number of hydrogen-bond acceptors (Lipinski definition) is 8. The van der Waals surface area contributed by atoms with Crippen LogP contribution in [0.25, 0.3) is 0 Å². The van der Waals surface area contributed by atoms with Gasteiger partial charge >= 0.3 is 0 Å². The van der Waals surface area contributed by atoms with Crippen LogP contribution in [-0.4, -0.2) is 85.3 Å². The topological polar surface area (TPSA) is 151 Å². The van der Waals surface area contributed by atoms with Crippen molar-refractivity contribution in [3.63, 3.8) is 0 Å². The van der Waals surface area contributed by atoms with Crippen molar-refractivity contribution in [2.45, 2.75) is 42.9 Å². The van der Waals surface area contributed by atoms with Crippen LogP contribution in [0, 0.1) is 0 Å². The average molecular weight is 240 g/mol. The van der Waals surface area contributed by atoms with E-state index in [0.29, 0.717) is 0 Å². The Hall–Kier alpha value is -0.320. The first-order chi connectivity index (χ1) is 7.40. The van der Waals surface area contributed by atoms with Crippen molar-refractivity contribution < 1.29 is 40.5 Å². The summed E-state index contributed by atoms with van der Waals surface area (Å²) in [5.41, 5.74) is 0. The molecular formula is C8H16O8. The summed E-state index contributed by atoms with van der Waals surface area (Å²) in [6, 6.07) is 0. The van der Waals surface area contributed by atoms with E-state index in [9.17, 15) is 15.3 Å². The van der Waals surface area contributed by atoms with Crippen LogP contribution in [0.5, 0.6) is 0 Å². The zero-order valence-electron chi connectivity index (χ0n) is 8.29. The van der Waals surface area contributed by atoms with Crippen molar-refractivity contribution in [3.05, 3.63) is 0 Å². The lowest BCUT2D eigenvalue weighted by Gasteiger charge is -2.40. The lowest BCUT2D eigenvalue weighted by atomic mass is 9.93. The number of aliphatic hydroxyl groups excluding tert-OH is 7. The molecule has 0 spiro atoms. The van der Waals surface area contributed by atoms with Gasteiger partial charge in [-0.2, -0.15) is 0 Å². The molecule has 0 aromatic rings. The Kier molecular flexibility index (Phi) is 4.59. The molecule has 16 heavy (non-hydrogen) atoms. The molecule has 1 rings (SSSR count). The Morgan fingerprint density at radius 3 is 2.00 bits per heavy atom. The zero-order chi connectivity index (χ0) is 12.5. The van der Waals surface area contributed by atoms with Crippen LogP contribution in [0.3, 0.4) is 0 Å². The largest absolute Gasteiger partial charge is 0.394 e. The van der Waals surface area contributed by atoms with Gasteiger partial charge in [-0.3, -0.25) is 0 Å². The molecule has 7 atom stereocenters. The highest BCUT2D eigenvalue weighted by atomic mass is 16.6. The van der Waals surface area contributed by atoms with E-state index in [1.54, 1.807) is 0 Å². The standard InChI is InChI=1S/C8H16O8/c9-1-2(10)3(11)7-5(13)4(12)6(14)8(15)16-7/h2-15H,1H2/t2-,3-,4+,5-,6-,7-,8?/m1/s1. The molecule has 96 valence electrons. The molecule has 0 aromatic heterocycles. The van der Waals surface area contributed by atoms with E-state index in [1.165, 1.54) is 0 Å². The maximum Gasteiger partial charge on any atom is 0.184 e.